The third-order valence-electron chi connectivity index (χ3n) is 2.68. The largest absolute Gasteiger partial charge is 0.493 e. The van der Waals surface area contributed by atoms with Gasteiger partial charge in [-0.05, 0) is 31.5 Å². The van der Waals surface area contributed by atoms with Crippen molar-refractivity contribution in [3.8, 4) is 11.5 Å². The minimum atomic E-state index is -0.349. The maximum absolute atomic E-state index is 11.6. The molecule has 0 aliphatic rings. The molecule has 0 aromatic heterocycles. The van der Waals surface area contributed by atoms with Gasteiger partial charge in [0.25, 0.3) is 0 Å². The maximum atomic E-state index is 11.6. The van der Waals surface area contributed by atoms with Crippen LogP contribution in [0.2, 0.25) is 0 Å². The predicted octanol–water partition coefficient (Wildman–Crippen LogP) is 3.44. The summed E-state index contributed by atoms with van der Waals surface area (Å²) in [6.07, 6.45) is 3.31. The second-order valence-corrected chi connectivity index (χ2v) is 4.14. The van der Waals surface area contributed by atoms with Gasteiger partial charge in [-0.15, -0.1) is 0 Å². The average Bonchev–Trinajstić information content (AvgIpc) is 2.44. The summed E-state index contributed by atoms with van der Waals surface area (Å²) in [5, 5.41) is 0. The molecular weight excluding hydrogens is 244 g/mol. The fraction of sp³-hybridized carbons (Fsp3) is 0.533. The zero-order valence-electron chi connectivity index (χ0n) is 11.9. The quantitative estimate of drug-likeness (QED) is 0.534. The molecule has 0 aliphatic carbocycles. The number of unbranched alkanes of at least 4 members (excludes halogenated alkanes) is 2. The Hall–Kier alpha value is -1.71. The Morgan fingerprint density at radius 1 is 1.16 bits per heavy atom. The summed E-state index contributed by atoms with van der Waals surface area (Å²) in [5.74, 6) is 0.868. The standard InChI is InChI=1S/C15H22O4/c1-4-6-7-10-19-13-9-8-12(11-14(13)17-3)15(16)18-5-2/h8-9,11H,4-7,10H2,1-3H3. The van der Waals surface area contributed by atoms with Crippen molar-refractivity contribution in [1.29, 1.82) is 0 Å². The van der Waals surface area contributed by atoms with Crippen molar-refractivity contribution in [3.05, 3.63) is 23.8 Å². The van der Waals surface area contributed by atoms with Gasteiger partial charge in [0.05, 0.1) is 25.9 Å². The highest BCUT2D eigenvalue weighted by Gasteiger charge is 2.11. The average molecular weight is 266 g/mol. The Morgan fingerprint density at radius 3 is 2.58 bits per heavy atom. The Morgan fingerprint density at radius 2 is 1.95 bits per heavy atom. The van der Waals surface area contributed by atoms with E-state index in [1.807, 2.05) is 0 Å². The molecule has 1 aromatic carbocycles. The molecule has 0 atom stereocenters. The molecular formula is C15H22O4. The highest BCUT2D eigenvalue weighted by atomic mass is 16.5. The first-order valence-electron chi connectivity index (χ1n) is 6.70. The van der Waals surface area contributed by atoms with Crippen LogP contribution in [-0.4, -0.2) is 26.3 Å². The molecule has 0 saturated heterocycles. The van der Waals surface area contributed by atoms with E-state index in [0.717, 1.165) is 19.3 Å². The normalized spacial score (nSPS) is 10.1. The maximum Gasteiger partial charge on any atom is 0.338 e. The molecule has 19 heavy (non-hydrogen) atoms. The van der Waals surface area contributed by atoms with Crippen molar-refractivity contribution in [1.82, 2.24) is 0 Å². The van der Waals surface area contributed by atoms with Crippen LogP contribution in [0.15, 0.2) is 18.2 Å². The van der Waals surface area contributed by atoms with Gasteiger partial charge < -0.3 is 14.2 Å². The molecule has 0 bridgehead atoms. The van der Waals surface area contributed by atoms with Gasteiger partial charge in [0, 0.05) is 0 Å². The summed E-state index contributed by atoms with van der Waals surface area (Å²) >= 11 is 0. The number of esters is 1. The van der Waals surface area contributed by atoms with E-state index in [2.05, 4.69) is 6.92 Å². The summed E-state index contributed by atoms with van der Waals surface area (Å²) in [6.45, 7) is 4.94. The third-order valence-corrected chi connectivity index (χ3v) is 2.68. The Labute approximate surface area is 114 Å². The molecule has 1 aromatic rings. The lowest BCUT2D eigenvalue weighted by Crippen LogP contribution is -2.06. The van der Waals surface area contributed by atoms with E-state index in [4.69, 9.17) is 14.2 Å². The van der Waals surface area contributed by atoms with Crippen LogP contribution in [0.5, 0.6) is 11.5 Å². The zero-order valence-corrected chi connectivity index (χ0v) is 11.9. The Balaban J connectivity index is 2.70. The first-order chi connectivity index (χ1) is 9.22. The molecule has 1 rings (SSSR count). The number of ether oxygens (including phenoxy) is 3. The molecule has 0 radical (unpaired) electrons. The van der Waals surface area contributed by atoms with Gasteiger partial charge in [-0.3, -0.25) is 0 Å². The van der Waals surface area contributed by atoms with Crippen molar-refractivity contribution < 1.29 is 19.0 Å². The molecule has 0 fully saturated rings. The monoisotopic (exact) mass is 266 g/mol. The molecule has 0 spiro atoms. The van der Waals surface area contributed by atoms with E-state index in [0.29, 0.717) is 30.3 Å². The van der Waals surface area contributed by atoms with Crippen LogP contribution >= 0.6 is 0 Å². The number of carbonyl (C=O) groups is 1. The second kappa shape index (κ2) is 8.40. The van der Waals surface area contributed by atoms with Crippen LogP contribution in [0.3, 0.4) is 0 Å². The van der Waals surface area contributed by atoms with Gasteiger partial charge in [-0.25, -0.2) is 4.79 Å². The lowest BCUT2D eigenvalue weighted by Gasteiger charge is -2.11. The highest BCUT2D eigenvalue weighted by molar-refractivity contribution is 5.90. The van der Waals surface area contributed by atoms with E-state index in [1.54, 1.807) is 32.2 Å². The zero-order chi connectivity index (χ0) is 14.1. The summed E-state index contributed by atoms with van der Waals surface area (Å²) in [7, 11) is 1.56. The minimum Gasteiger partial charge on any atom is -0.493 e. The highest BCUT2D eigenvalue weighted by Crippen LogP contribution is 2.28. The SMILES string of the molecule is CCCCCOc1ccc(C(=O)OCC)cc1OC. The Kier molecular flexibility index (Phi) is 6.79. The van der Waals surface area contributed by atoms with Gasteiger partial charge in [-0.1, -0.05) is 19.8 Å². The molecule has 0 N–H and O–H groups in total. The van der Waals surface area contributed by atoms with Gasteiger partial charge in [0.1, 0.15) is 0 Å². The van der Waals surface area contributed by atoms with E-state index in [1.165, 1.54) is 0 Å². The summed E-state index contributed by atoms with van der Waals surface area (Å²) in [5.41, 5.74) is 0.472. The van der Waals surface area contributed by atoms with Crippen LogP contribution < -0.4 is 9.47 Å². The summed E-state index contributed by atoms with van der Waals surface area (Å²) in [6, 6.07) is 5.08. The van der Waals surface area contributed by atoms with Gasteiger partial charge in [0.15, 0.2) is 11.5 Å². The molecule has 0 heterocycles. The van der Waals surface area contributed by atoms with E-state index < -0.39 is 0 Å². The predicted molar refractivity (Wildman–Crippen MR) is 74.0 cm³/mol. The van der Waals surface area contributed by atoms with Crippen molar-refractivity contribution in [2.75, 3.05) is 20.3 Å². The van der Waals surface area contributed by atoms with E-state index in [9.17, 15) is 4.79 Å². The molecule has 0 saturated carbocycles. The molecule has 0 aliphatic heterocycles. The minimum absolute atomic E-state index is 0.349. The number of methoxy groups -OCH3 is 1. The molecule has 106 valence electrons. The van der Waals surface area contributed by atoms with Crippen molar-refractivity contribution in [3.63, 3.8) is 0 Å². The number of carbonyl (C=O) groups excluding carboxylic acids is 1. The number of hydrogen-bond donors (Lipinski definition) is 0. The van der Waals surface area contributed by atoms with Crippen molar-refractivity contribution in [2.45, 2.75) is 33.1 Å². The van der Waals surface area contributed by atoms with E-state index >= 15 is 0 Å². The topological polar surface area (TPSA) is 44.8 Å². The number of hydrogen-bond acceptors (Lipinski definition) is 4. The van der Waals surface area contributed by atoms with Crippen LogP contribution in [0, 0.1) is 0 Å². The fourth-order valence-electron chi connectivity index (χ4n) is 1.66. The second-order valence-electron chi connectivity index (χ2n) is 4.14. The smallest absolute Gasteiger partial charge is 0.338 e. The molecule has 4 nitrogen and oxygen atoms in total. The van der Waals surface area contributed by atoms with Gasteiger partial charge in [-0.2, -0.15) is 0 Å². The van der Waals surface area contributed by atoms with Gasteiger partial charge >= 0.3 is 5.97 Å². The lowest BCUT2D eigenvalue weighted by atomic mass is 10.2. The van der Waals surface area contributed by atoms with Crippen LogP contribution in [-0.2, 0) is 4.74 Å². The third kappa shape index (κ3) is 4.81. The first-order valence-corrected chi connectivity index (χ1v) is 6.70. The van der Waals surface area contributed by atoms with Crippen LogP contribution in [0.1, 0.15) is 43.5 Å². The Bertz CT molecular complexity index is 401. The number of rotatable bonds is 8. The molecule has 0 amide bonds. The van der Waals surface area contributed by atoms with E-state index in [-0.39, 0.29) is 5.97 Å². The summed E-state index contributed by atoms with van der Waals surface area (Å²) < 4.78 is 15.8. The summed E-state index contributed by atoms with van der Waals surface area (Å²) in [4.78, 5) is 11.6. The fourth-order valence-corrected chi connectivity index (χ4v) is 1.66. The number of benzene rings is 1. The first kappa shape index (κ1) is 15.3. The van der Waals surface area contributed by atoms with Gasteiger partial charge in [0.2, 0.25) is 0 Å². The molecule has 0 unspecified atom stereocenters. The van der Waals surface area contributed by atoms with Crippen LogP contribution in [0.25, 0.3) is 0 Å². The van der Waals surface area contributed by atoms with Crippen molar-refractivity contribution >= 4 is 5.97 Å². The van der Waals surface area contributed by atoms with Crippen molar-refractivity contribution in [2.24, 2.45) is 0 Å². The lowest BCUT2D eigenvalue weighted by molar-refractivity contribution is 0.0526. The molecule has 4 heteroatoms. The van der Waals surface area contributed by atoms with Crippen LogP contribution in [0.4, 0.5) is 0 Å².